The van der Waals surface area contributed by atoms with Crippen molar-refractivity contribution in [3.05, 3.63) is 64.3 Å². The fourth-order valence-electron chi connectivity index (χ4n) is 3.74. The fourth-order valence-corrected chi connectivity index (χ4v) is 4.09. The number of hydrogen-bond acceptors (Lipinski definition) is 3. The molecule has 1 aliphatic heterocycles. The number of nitrogens with zero attached hydrogens (tertiary/aromatic N) is 2. The van der Waals surface area contributed by atoms with E-state index in [2.05, 4.69) is 9.88 Å². The van der Waals surface area contributed by atoms with Crippen LogP contribution in [-0.2, 0) is 4.79 Å². The molecule has 1 fully saturated rings. The lowest BCUT2D eigenvalue weighted by Crippen LogP contribution is -2.49. The molecule has 4 rings (SSSR count). The number of H-pyrrole nitrogens is 1. The molecule has 0 aliphatic carbocycles. The quantitative estimate of drug-likeness (QED) is 0.676. The van der Waals surface area contributed by atoms with Gasteiger partial charge in [-0.15, -0.1) is 0 Å². The topological polar surface area (TPSA) is 59.6 Å². The average molecular weight is 404 g/mol. The maximum atomic E-state index is 12.1. The number of aromatic amines is 1. The lowest BCUT2D eigenvalue weighted by atomic mass is 10.0. The van der Waals surface area contributed by atoms with Gasteiger partial charge in [0.15, 0.2) is 0 Å². The first-order chi connectivity index (χ1) is 13.0. The van der Waals surface area contributed by atoms with Gasteiger partial charge in [0.2, 0.25) is 0 Å². The van der Waals surface area contributed by atoms with Crippen LogP contribution in [0.3, 0.4) is 0 Å². The van der Waals surface area contributed by atoms with Gasteiger partial charge in [-0.1, -0.05) is 29.3 Å². The third kappa shape index (κ3) is 3.63. The highest BCUT2D eigenvalue weighted by Crippen LogP contribution is 2.32. The molecule has 1 aromatic heterocycles. The van der Waals surface area contributed by atoms with Crippen molar-refractivity contribution in [2.45, 2.75) is 6.04 Å². The molecule has 140 valence electrons. The Kier molecular flexibility index (Phi) is 5.00. The predicted octanol–water partition coefficient (Wildman–Crippen LogP) is 4.42. The Morgan fingerprint density at radius 1 is 1.04 bits per heavy atom. The Morgan fingerprint density at radius 3 is 2.48 bits per heavy atom. The van der Waals surface area contributed by atoms with Gasteiger partial charge in [-0.25, -0.2) is 0 Å². The highest BCUT2D eigenvalue weighted by molar-refractivity contribution is 6.31. The Labute approximate surface area is 167 Å². The van der Waals surface area contributed by atoms with Gasteiger partial charge in [-0.05, 0) is 36.4 Å². The lowest BCUT2D eigenvalue weighted by Gasteiger charge is -2.38. The third-order valence-electron chi connectivity index (χ3n) is 5.06. The number of benzene rings is 2. The summed E-state index contributed by atoms with van der Waals surface area (Å²) in [7, 11) is 0. The predicted molar refractivity (Wildman–Crippen MR) is 109 cm³/mol. The molecule has 0 radical (unpaired) electrons. The average Bonchev–Trinajstić information content (AvgIpc) is 3.05. The van der Waals surface area contributed by atoms with Crippen LogP contribution in [0, 0.1) is 0 Å². The van der Waals surface area contributed by atoms with Crippen molar-refractivity contribution in [2.75, 3.05) is 31.1 Å². The van der Waals surface area contributed by atoms with Crippen molar-refractivity contribution in [3.8, 4) is 0 Å². The normalized spacial score (nSPS) is 16.6. The molecule has 1 unspecified atom stereocenters. The first-order valence-corrected chi connectivity index (χ1v) is 9.52. The van der Waals surface area contributed by atoms with E-state index >= 15 is 0 Å². The van der Waals surface area contributed by atoms with Crippen LogP contribution in [0.4, 0.5) is 5.69 Å². The second kappa shape index (κ2) is 7.43. The van der Waals surface area contributed by atoms with Crippen LogP contribution < -0.4 is 4.90 Å². The highest BCUT2D eigenvalue weighted by atomic mass is 35.5. The number of carboxylic acid groups (broad SMARTS) is 1. The minimum absolute atomic E-state index is 0.596. The summed E-state index contributed by atoms with van der Waals surface area (Å²) in [5.74, 6) is -0.855. The minimum Gasteiger partial charge on any atom is -0.480 e. The zero-order valence-electron chi connectivity index (χ0n) is 14.5. The number of piperazine rings is 1. The molecule has 0 saturated carbocycles. The Balaban J connectivity index is 1.57. The Hall–Kier alpha value is -2.21. The summed E-state index contributed by atoms with van der Waals surface area (Å²) in [6, 6.07) is 12.5. The molecule has 27 heavy (non-hydrogen) atoms. The molecule has 0 amide bonds. The van der Waals surface area contributed by atoms with Gasteiger partial charge >= 0.3 is 5.97 Å². The standard InChI is InChI=1S/C20H19Cl2N3O2/c21-13-2-1-3-15(10-13)24-6-8-25(9-7-24)19(20(26)27)17-12-23-18-5-4-14(22)11-16(17)18/h1-5,10-12,19,23H,6-9H2,(H,26,27). The van der Waals surface area contributed by atoms with Gasteiger partial charge in [0.1, 0.15) is 6.04 Å². The minimum atomic E-state index is -0.855. The van der Waals surface area contributed by atoms with E-state index in [4.69, 9.17) is 23.2 Å². The molecular weight excluding hydrogens is 385 g/mol. The molecule has 5 nitrogen and oxygen atoms in total. The van der Waals surface area contributed by atoms with Crippen molar-refractivity contribution >= 4 is 45.8 Å². The number of fused-ring (bicyclic) bond motifs is 1. The zero-order valence-corrected chi connectivity index (χ0v) is 16.0. The molecule has 2 heterocycles. The summed E-state index contributed by atoms with van der Waals surface area (Å²) < 4.78 is 0. The molecule has 3 aromatic rings. The Morgan fingerprint density at radius 2 is 1.78 bits per heavy atom. The SMILES string of the molecule is O=C(O)C(c1c[nH]c2ccc(Cl)cc12)N1CCN(c2cccc(Cl)c2)CC1. The number of hydrogen-bond donors (Lipinski definition) is 2. The highest BCUT2D eigenvalue weighted by Gasteiger charge is 2.32. The molecule has 1 atom stereocenters. The number of nitrogens with one attached hydrogen (secondary N) is 1. The number of rotatable bonds is 4. The molecule has 2 N–H and O–H groups in total. The number of carbonyl (C=O) groups is 1. The smallest absolute Gasteiger partial charge is 0.325 e. The van der Waals surface area contributed by atoms with Crippen LogP contribution in [0.25, 0.3) is 10.9 Å². The van der Waals surface area contributed by atoms with Crippen molar-refractivity contribution in [3.63, 3.8) is 0 Å². The number of carboxylic acids is 1. The van der Waals surface area contributed by atoms with Crippen molar-refractivity contribution < 1.29 is 9.90 Å². The van der Waals surface area contributed by atoms with Gasteiger partial charge in [-0.3, -0.25) is 9.69 Å². The van der Waals surface area contributed by atoms with Gasteiger partial charge in [-0.2, -0.15) is 0 Å². The van der Waals surface area contributed by atoms with Gasteiger partial charge in [0.05, 0.1) is 0 Å². The summed E-state index contributed by atoms with van der Waals surface area (Å²) in [6.45, 7) is 2.79. The third-order valence-corrected chi connectivity index (χ3v) is 5.53. The zero-order chi connectivity index (χ0) is 19.0. The monoisotopic (exact) mass is 403 g/mol. The molecule has 1 aliphatic rings. The van der Waals surface area contributed by atoms with E-state index in [1.165, 1.54) is 0 Å². The molecule has 0 bridgehead atoms. The van der Waals surface area contributed by atoms with E-state index in [1.807, 2.05) is 41.3 Å². The summed E-state index contributed by atoms with van der Waals surface area (Å²) in [4.78, 5) is 19.5. The van der Waals surface area contributed by atoms with Crippen LogP contribution in [0.15, 0.2) is 48.7 Å². The Bertz CT molecular complexity index is 980. The van der Waals surface area contributed by atoms with Crippen molar-refractivity contribution in [1.29, 1.82) is 0 Å². The molecule has 0 spiro atoms. The van der Waals surface area contributed by atoms with E-state index in [0.29, 0.717) is 23.1 Å². The summed E-state index contributed by atoms with van der Waals surface area (Å²) in [6.07, 6.45) is 1.78. The number of anilines is 1. The van der Waals surface area contributed by atoms with Crippen LogP contribution in [0.2, 0.25) is 10.0 Å². The van der Waals surface area contributed by atoms with Crippen molar-refractivity contribution in [1.82, 2.24) is 9.88 Å². The summed E-state index contributed by atoms with van der Waals surface area (Å²) in [5.41, 5.74) is 2.70. The van der Waals surface area contributed by atoms with E-state index < -0.39 is 12.0 Å². The number of aromatic nitrogens is 1. The molecule has 2 aromatic carbocycles. The second-order valence-corrected chi connectivity index (χ2v) is 7.55. The van der Waals surface area contributed by atoms with Crippen LogP contribution in [-0.4, -0.2) is 47.1 Å². The summed E-state index contributed by atoms with van der Waals surface area (Å²) >= 11 is 12.2. The van der Waals surface area contributed by atoms with Gasteiger partial charge < -0.3 is 15.0 Å². The van der Waals surface area contributed by atoms with Crippen LogP contribution in [0.5, 0.6) is 0 Å². The second-order valence-electron chi connectivity index (χ2n) is 6.68. The maximum Gasteiger partial charge on any atom is 0.325 e. The van der Waals surface area contributed by atoms with E-state index in [-0.39, 0.29) is 0 Å². The van der Waals surface area contributed by atoms with Gasteiger partial charge in [0.25, 0.3) is 0 Å². The van der Waals surface area contributed by atoms with E-state index in [0.717, 1.165) is 35.2 Å². The largest absolute Gasteiger partial charge is 0.480 e. The number of halogens is 2. The van der Waals surface area contributed by atoms with Crippen molar-refractivity contribution in [2.24, 2.45) is 0 Å². The van der Waals surface area contributed by atoms with E-state index in [9.17, 15) is 9.90 Å². The van der Waals surface area contributed by atoms with Crippen LogP contribution in [0.1, 0.15) is 11.6 Å². The van der Waals surface area contributed by atoms with Crippen LogP contribution >= 0.6 is 23.2 Å². The lowest BCUT2D eigenvalue weighted by molar-refractivity contribution is -0.143. The summed E-state index contributed by atoms with van der Waals surface area (Å²) in [5, 5.41) is 12.1. The van der Waals surface area contributed by atoms with E-state index in [1.54, 1.807) is 12.3 Å². The first kappa shape index (κ1) is 18.2. The first-order valence-electron chi connectivity index (χ1n) is 8.77. The maximum absolute atomic E-state index is 12.1. The molecule has 7 heteroatoms. The molecular formula is C20H19Cl2N3O2. The number of aliphatic carboxylic acids is 1. The molecule has 1 saturated heterocycles. The van der Waals surface area contributed by atoms with Gasteiger partial charge in [0, 0.05) is 64.6 Å². The fraction of sp³-hybridized carbons (Fsp3) is 0.250.